The highest BCUT2D eigenvalue weighted by Gasteiger charge is 2.29. The minimum Gasteiger partial charge on any atom is -0.481 e. The van der Waals surface area contributed by atoms with Gasteiger partial charge in [0.15, 0.2) is 0 Å². The molecule has 0 unspecified atom stereocenters. The van der Waals surface area contributed by atoms with E-state index in [0.717, 1.165) is 35.1 Å². The summed E-state index contributed by atoms with van der Waals surface area (Å²) in [6.45, 7) is 3.94. The van der Waals surface area contributed by atoms with Gasteiger partial charge in [-0.3, -0.25) is 9.59 Å². The third-order valence-corrected chi connectivity index (χ3v) is 5.89. The number of alkyl carbamates (subject to hydrolysis) is 1. The number of carboxylic acid groups (broad SMARTS) is 1. The van der Waals surface area contributed by atoms with E-state index >= 15 is 0 Å². The van der Waals surface area contributed by atoms with Crippen molar-refractivity contribution in [1.82, 2.24) is 10.6 Å². The number of carboxylic acids is 1. The van der Waals surface area contributed by atoms with Gasteiger partial charge in [0.25, 0.3) is 0 Å². The van der Waals surface area contributed by atoms with Gasteiger partial charge in [0.2, 0.25) is 5.91 Å². The van der Waals surface area contributed by atoms with E-state index in [1.165, 1.54) is 0 Å². The zero-order chi connectivity index (χ0) is 23.8. The average Bonchev–Trinajstić information content (AvgIpc) is 3.09. The number of carbonyl (C=O) groups excluding carboxylic acids is 2. The maximum absolute atomic E-state index is 12.4. The van der Waals surface area contributed by atoms with Crippen LogP contribution in [-0.2, 0) is 14.3 Å². The van der Waals surface area contributed by atoms with E-state index in [1.807, 2.05) is 31.2 Å². The highest BCUT2D eigenvalue weighted by atomic mass is 16.5. The normalized spacial score (nSPS) is 14.0. The van der Waals surface area contributed by atoms with E-state index in [2.05, 4.69) is 34.9 Å². The average molecular weight is 453 g/mol. The number of amides is 2. The van der Waals surface area contributed by atoms with E-state index in [1.54, 1.807) is 6.92 Å². The van der Waals surface area contributed by atoms with Gasteiger partial charge in [0.1, 0.15) is 6.61 Å². The Kier molecular flexibility index (Phi) is 8.46. The molecular formula is C26H32N2O5. The lowest BCUT2D eigenvalue weighted by Gasteiger charge is -2.19. The minimum atomic E-state index is -0.943. The van der Waals surface area contributed by atoms with Crippen LogP contribution in [0.4, 0.5) is 4.79 Å². The standard InChI is InChI=1S/C26H32N2O5/c1-3-4-9-18(15-25(30)31)28-24(29)14-17(2)27-26(32)33-16-23-21-12-7-5-10-19(21)20-11-6-8-13-22(20)23/h5-8,10-13,17-18,23H,3-4,9,14-16H2,1-2H3,(H,27,32)(H,28,29)(H,30,31)/t17-,18+/m1/s1. The van der Waals surface area contributed by atoms with Gasteiger partial charge in [0, 0.05) is 24.4 Å². The number of unbranched alkanes of at least 4 members (excludes halogenated alkanes) is 1. The number of fused-ring (bicyclic) bond motifs is 3. The predicted octanol–water partition coefficient (Wildman–Crippen LogP) is 4.45. The van der Waals surface area contributed by atoms with Gasteiger partial charge in [0.05, 0.1) is 6.42 Å². The van der Waals surface area contributed by atoms with Crippen molar-refractivity contribution in [3.05, 3.63) is 59.7 Å². The van der Waals surface area contributed by atoms with Crippen LogP contribution in [0.5, 0.6) is 0 Å². The Morgan fingerprint density at radius 2 is 1.58 bits per heavy atom. The molecule has 2 aromatic carbocycles. The number of benzene rings is 2. The van der Waals surface area contributed by atoms with Gasteiger partial charge in [-0.2, -0.15) is 0 Å². The molecule has 0 heterocycles. The van der Waals surface area contributed by atoms with Crippen LogP contribution in [0, 0.1) is 0 Å². The van der Waals surface area contributed by atoms with Crippen molar-refractivity contribution in [3.63, 3.8) is 0 Å². The molecule has 0 saturated carbocycles. The van der Waals surface area contributed by atoms with E-state index in [4.69, 9.17) is 9.84 Å². The van der Waals surface area contributed by atoms with Crippen LogP contribution >= 0.6 is 0 Å². The molecule has 0 spiro atoms. The molecule has 33 heavy (non-hydrogen) atoms. The number of carbonyl (C=O) groups is 3. The highest BCUT2D eigenvalue weighted by Crippen LogP contribution is 2.44. The Morgan fingerprint density at radius 3 is 2.15 bits per heavy atom. The summed E-state index contributed by atoms with van der Waals surface area (Å²) in [5, 5.41) is 14.5. The van der Waals surface area contributed by atoms with Crippen LogP contribution in [0.15, 0.2) is 48.5 Å². The Balaban J connectivity index is 1.50. The molecule has 0 saturated heterocycles. The number of ether oxygens (including phenoxy) is 1. The smallest absolute Gasteiger partial charge is 0.407 e. The fraction of sp³-hybridized carbons (Fsp3) is 0.423. The molecule has 0 bridgehead atoms. The van der Waals surface area contributed by atoms with Gasteiger partial charge in [-0.25, -0.2) is 4.79 Å². The molecule has 7 heteroatoms. The van der Waals surface area contributed by atoms with Crippen molar-refractivity contribution in [3.8, 4) is 11.1 Å². The number of aliphatic carboxylic acids is 1. The van der Waals surface area contributed by atoms with Crippen molar-refractivity contribution >= 4 is 18.0 Å². The summed E-state index contributed by atoms with van der Waals surface area (Å²) in [6, 6.07) is 15.4. The second-order valence-electron chi connectivity index (χ2n) is 8.58. The number of hydrogen-bond donors (Lipinski definition) is 3. The summed E-state index contributed by atoms with van der Waals surface area (Å²) < 4.78 is 5.52. The molecule has 1 aliphatic rings. The summed E-state index contributed by atoms with van der Waals surface area (Å²) in [5.74, 6) is -1.26. The maximum Gasteiger partial charge on any atom is 0.407 e. The monoisotopic (exact) mass is 452 g/mol. The largest absolute Gasteiger partial charge is 0.481 e. The summed E-state index contributed by atoms with van der Waals surface area (Å²) >= 11 is 0. The first-order valence-electron chi connectivity index (χ1n) is 11.5. The lowest BCUT2D eigenvalue weighted by atomic mass is 9.98. The van der Waals surface area contributed by atoms with Crippen molar-refractivity contribution in [2.45, 2.75) is 64.0 Å². The molecule has 7 nitrogen and oxygen atoms in total. The van der Waals surface area contributed by atoms with Gasteiger partial charge in [-0.15, -0.1) is 0 Å². The molecular weight excluding hydrogens is 420 g/mol. The summed E-state index contributed by atoms with van der Waals surface area (Å²) in [6.07, 6.45) is 1.73. The Hall–Kier alpha value is -3.35. The van der Waals surface area contributed by atoms with Crippen molar-refractivity contribution in [2.24, 2.45) is 0 Å². The van der Waals surface area contributed by atoms with Crippen LogP contribution < -0.4 is 10.6 Å². The van der Waals surface area contributed by atoms with E-state index in [0.29, 0.717) is 6.42 Å². The molecule has 3 N–H and O–H groups in total. The van der Waals surface area contributed by atoms with Crippen molar-refractivity contribution in [2.75, 3.05) is 6.61 Å². The Labute approximate surface area is 194 Å². The van der Waals surface area contributed by atoms with E-state index in [9.17, 15) is 14.4 Å². The molecule has 2 aromatic rings. The first-order valence-corrected chi connectivity index (χ1v) is 11.5. The predicted molar refractivity (Wildman–Crippen MR) is 126 cm³/mol. The zero-order valence-electron chi connectivity index (χ0n) is 19.2. The molecule has 2 atom stereocenters. The Bertz CT molecular complexity index is 945. The fourth-order valence-electron chi connectivity index (χ4n) is 4.34. The van der Waals surface area contributed by atoms with Crippen molar-refractivity contribution in [1.29, 1.82) is 0 Å². The summed E-state index contributed by atoms with van der Waals surface area (Å²) in [7, 11) is 0. The number of hydrogen-bond acceptors (Lipinski definition) is 4. The van der Waals surface area contributed by atoms with Gasteiger partial charge < -0.3 is 20.5 Å². The fourth-order valence-corrected chi connectivity index (χ4v) is 4.34. The first-order chi connectivity index (χ1) is 15.9. The minimum absolute atomic E-state index is 0.0305. The zero-order valence-corrected chi connectivity index (χ0v) is 19.2. The molecule has 3 rings (SSSR count). The lowest BCUT2D eigenvalue weighted by Crippen LogP contribution is -2.41. The SMILES string of the molecule is CCCC[C@@H](CC(=O)O)NC(=O)C[C@@H](C)NC(=O)OCC1c2ccccc2-c2ccccc21. The molecule has 0 aliphatic heterocycles. The van der Waals surface area contributed by atoms with Crippen LogP contribution in [0.1, 0.15) is 63.0 Å². The quantitative estimate of drug-likeness (QED) is 0.467. The van der Waals surface area contributed by atoms with Crippen LogP contribution in [0.25, 0.3) is 11.1 Å². The van der Waals surface area contributed by atoms with Gasteiger partial charge in [-0.05, 0) is 35.6 Å². The third-order valence-electron chi connectivity index (χ3n) is 5.89. The summed E-state index contributed by atoms with van der Waals surface area (Å²) in [5.41, 5.74) is 4.59. The highest BCUT2D eigenvalue weighted by molar-refractivity contribution is 5.80. The molecule has 0 aromatic heterocycles. The van der Waals surface area contributed by atoms with Crippen LogP contribution in [0.2, 0.25) is 0 Å². The Morgan fingerprint density at radius 1 is 0.970 bits per heavy atom. The van der Waals surface area contributed by atoms with Crippen LogP contribution in [-0.4, -0.2) is 41.8 Å². The topological polar surface area (TPSA) is 105 Å². The van der Waals surface area contributed by atoms with Gasteiger partial charge >= 0.3 is 12.1 Å². The van der Waals surface area contributed by atoms with Crippen LogP contribution in [0.3, 0.4) is 0 Å². The third kappa shape index (κ3) is 6.57. The number of rotatable bonds is 11. The van der Waals surface area contributed by atoms with Gasteiger partial charge in [-0.1, -0.05) is 68.3 Å². The molecule has 176 valence electrons. The molecule has 1 aliphatic carbocycles. The van der Waals surface area contributed by atoms with Crippen molar-refractivity contribution < 1.29 is 24.2 Å². The second-order valence-corrected chi connectivity index (χ2v) is 8.58. The molecule has 0 radical (unpaired) electrons. The molecule has 2 amide bonds. The first kappa shape index (κ1) is 24.3. The second kappa shape index (κ2) is 11.5. The summed E-state index contributed by atoms with van der Waals surface area (Å²) in [4.78, 5) is 35.7. The lowest BCUT2D eigenvalue weighted by molar-refractivity contribution is -0.137. The van der Waals surface area contributed by atoms with E-state index in [-0.39, 0.29) is 31.3 Å². The van der Waals surface area contributed by atoms with E-state index < -0.39 is 24.1 Å². The number of nitrogens with one attached hydrogen (secondary N) is 2. The maximum atomic E-state index is 12.4. The molecule has 0 fully saturated rings.